The van der Waals surface area contributed by atoms with E-state index in [0.717, 1.165) is 5.56 Å². The molecule has 112 valence electrons. The van der Waals surface area contributed by atoms with Crippen molar-refractivity contribution < 1.29 is 14.3 Å². The molecule has 0 aliphatic rings. The molecule has 1 aromatic rings. The minimum absolute atomic E-state index is 0.144. The Labute approximate surface area is 124 Å². The van der Waals surface area contributed by atoms with Crippen LogP contribution in [-0.4, -0.2) is 26.2 Å². The zero-order chi connectivity index (χ0) is 15.7. The molecule has 0 saturated heterocycles. The van der Waals surface area contributed by atoms with Crippen LogP contribution in [0, 0.1) is 5.92 Å². The van der Waals surface area contributed by atoms with E-state index in [-0.39, 0.29) is 12.0 Å². The van der Waals surface area contributed by atoms with E-state index in [9.17, 15) is 4.79 Å². The summed E-state index contributed by atoms with van der Waals surface area (Å²) in [5.74, 6) is -0.636. The third-order valence-corrected chi connectivity index (χ3v) is 3.21. The number of ether oxygens (including phenoxy) is 2. The lowest BCUT2D eigenvalue weighted by Crippen LogP contribution is -2.22. The van der Waals surface area contributed by atoms with Crippen LogP contribution < -0.4 is 0 Å². The topological polar surface area (TPSA) is 84.3 Å². The maximum absolute atomic E-state index is 11.2. The third kappa shape index (κ3) is 4.95. The first-order valence-corrected chi connectivity index (χ1v) is 6.52. The van der Waals surface area contributed by atoms with Crippen LogP contribution in [0.3, 0.4) is 0 Å². The van der Waals surface area contributed by atoms with E-state index in [2.05, 4.69) is 14.8 Å². The molecule has 0 heterocycles. The summed E-state index contributed by atoms with van der Waals surface area (Å²) < 4.78 is 10.1. The molecule has 1 rings (SSSR count). The molecule has 0 N–H and O–H groups in total. The quantitative estimate of drug-likeness (QED) is 0.253. The first-order chi connectivity index (χ1) is 10.1. The fourth-order valence-corrected chi connectivity index (χ4v) is 2.10. The lowest BCUT2D eigenvalue weighted by Gasteiger charge is -2.26. The zero-order valence-corrected chi connectivity index (χ0v) is 12.3. The van der Waals surface area contributed by atoms with Gasteiger partial charge in [0.25, 0.3) is 0 Å². The molecule has 0 saturated carbocycles. The van der Waals surface area contributed by atoms with Crippen molar-refractivity contribution in [1.82, 2.24) is 0 Å². The fraction of sp³-hybridized carbons (Fsp3) is 0.400. The van der Waals surface area contributed by atoms with Crippen LogP contribution >= 0.6 is 0 Å². The average molecular weight is 289 g/mol. The second-order valence-corrected chi connectivity index (χ2v) is 4.50. The molecule has 21 heavy (non-hydrogen) atoms. The molecule has 0 amide bonds. The van der Waals surface area contributed by atoms with Crippen molar-refractivity contribution in [1.29, 1.82) is 0 Å². The Bertz CT molecular complexity index is 524. The molecule has 0 aliphatic carbocycles. The number of carbonyl (C=O) groups is 1. The molecule has 6 heteroatoms. The molecule has 0 spiro atoms. The van der Waals surface area contributed by atoms with Gasteiger partial charge in [-0.15, -0.1) is 0 Å². The maximum atomic E-state index is 11.2. The van der Waals surface area contributed by atoms with Crippen molar-refractivity contribution in [2.75, 3.05) is 14.2 Å². The van der Waals surface area contributed by atoms with E-state index in [4.69, 9.17) is 10.3 Å². The second kappa shape index (κ2) is 8.79. The average Bonchev–Trinajstić information content (AvgIpc) is 2.52. The first-order valence-electron chi connectivity index (χ1n) is 6.52. The largest absolute Gasteiger partial charge is 0.466 e. The Morgan fingerprint density at radius 1 is 1.33 bits per heavy atom. The highest BCUT2D eigenvalue weighted by Crippen LogP contribution is 2.29. The van der Waals surface area contributed by atoms with Gasteiger partial charge < -0.3 is 9.47 Å². The Hall–Kier alpha value is -2.30. The number of benzene rings is 1. The third-order valence-electron chi connectivity index (χ3n) is 3.21. The number of esters is 1. The van der Waals surface area contributed by atoms with E-state index >= 15 is 0 Å². The summed E-state index contributed by atoms with van der Waals surface area (Å²) in [5, 5.41) is 3.73. The smallest absolute Gasteiger partial charge is 0.330 e. The normalized spacial score (nSPS) is 15.0. The van der Waals surface area contributed by atoms with Gasteiger partial charge in [0.1, 0.15) is 0 Å². The summed E-state index contributed by atoms with van der Waals surface area (Å²) in [6.07, 6.45) is 2.54. The van der Waals surface area contributed by atoms with Gasteiger partial charge in [-0.1, -0.05) is 48.4 Å². The van der Waals surface area contributed by atoms with Crippen molar-refractivity contribution in [3.63, 3.8) is 0 Å². The number of hydrogen-bond acceptors (Lipinski definition) is 4. The van der Waals surface area contributed by atoms with E-state index in [1.807, 2.05) is 37.3 Å². The molecular formula is C15H19N3O3. The highest BCUT2D eigenvalue weighted by Gasteiger charge is 2.25. The lowest BCUT2D eigenvalue weighted by atomic mass is 9.91. The SMILES string of the molecule is COC(=O)/C=C/[C@@H](N=[N+]=[N-])[C@H](C)[C@@H](OC)c1ccccc1. The van der Waals surface area contributed by atoms with Crippen LogP contribution in [0.15, 0.2) is 47.6 Å². The minimum Gasteiger partial charge on any atom is -0.466 e. The van der Waals surface area contributed by atoms with Gasteiger partial charge >= 0.3 is 5.97 Å². The monoisotopic (exact) mass is 289 g/mol. The minimum atomic E-state index is -0.515. The fourth-order valence-electron chi connectivity index (χ4n) is 2.10. The number of azide groups is 1. The Morgan fingerprint density at radius 3 is 2.52 bits per heavy atom. The van der Waals surface area contributed by atoms with Crippen molar-refractivity contribution in [2.45, 2.75) is 19.1 Å². The Morgan fingerprint density at radius 2 is 2.00 bits per heavy atom. The summed E-state index contributed by atoms with van der Waals surface area (Å²) in [7, 11) is 2.89. The summed E-state index contributed by atoms with van der Waals surface area (Å²) in [5.41, 5.74) is 9.68. The molecule has 0 bridgehead atoms. The van der Waals surface area contributed by atoms with Crippen LogP contribution in [0.4, 0.5) is 0 Å². The van der Waals surface area contributed by atoms with Crippen LogP contribution in [-0.2, 0) is 14.3 Å². The first kappa shape index (κ1) is 16.8. The van der Waals surface area contributed by atoms with E-state index in [0.29, 0.717) is 0 Å². The van der Waals surface area contributed by atoms with Crippen molar-refractivity contribution >= 4 is 5.97 Å². The van der Waals surface area contributed by atoms with Crippen LogP contribution in [0.5, 0.6) is 0 Å². The molecular weight excluding hydrogens is 270 g/mol. The van der Waals surface area contributed by atoms with Crippen molar-refractivity contribution in [3.05, 3.63) is 58.5 Å². The Kier molecular flexibility index (Phi) is 7.01. The highest BCUT2D eigenvalue weighted by molar-refractivity contribution is 5.81. The molecule has 0 unspecified atom stereocenters. The van der Waals surface area contributed by atoms with Gasteiger partial charge in [-0.2, -0.15) is 0 Å². The van der Waals surface area contributed by atoms with Gasteiger partial charge in [-0.3, -0.25) is 0 Å². The van der Waals surface area contributed by atoms with Gasteiger partial charge in [-0.25, -0.2) is 4.79 Å². The predicted molar refractivity (Wildman–Crippen MR) is 79.4 cm³/mol. The van der Waals surface area contributed by atoms with Gasteiger partial charge in [0.05, 0.1) is 19.3 Å². The summed E-state index contributed by atoms with van der Waals surface area (Å²) in [6.45, 7) is 1.90. The lowest BCUT2D eigenvalue weighted by molar-refractivity contribution is -0.134. The highest BCUT2D eigenvalue weighted by atomic mass is 16.5. The summed E-state index contributed by atoms with van der Waals surface area (Å²) in [4.78, 5) is 14.0. The number of carbonyl (C=O) groups excluding carboxylic acids is 1. The molecule has 0 aliphatic heterocycles. The molecule has 6 nitrogen and oxygen atoms in total. The van der Waals surface area contributed by atoms with Gasteiger partial charge in [0.15, 0.2) is 0 Å². The van der Waals surface area contributed by atoms with E-state index in [1.54, 1.807) is 7.11 Å². The van der Waals surface area contributed by atoms with Crippen LogP contribution in [0.1, 0.15) is 18.6 Å². The zero-order valence-electron chi connectivity index (χ0n) is 12.3. The number of nitrogens with zero attached hydrogens (tertiary/aromatic N) is 3. The molecule has 0 fully saturated rings. The molecule has 3 atom stereocenters. The predicted octanol–water partition coefficient (Wildman–Crippen LogP) is 3.42. The number of rotatable bonds is 7. The number of methoxy groups -OCH3 is 2. The van der Waals surface area contributed by atoms with Gasteiger partial charge in [-0.05, 0) is 17.0 Å². The summed E-state index contributed by atoms with van der Waals surface area (Å²) in [6, 6.07) is 9.13. The van der Waals surface area contributed by atoms with Crippen LogP contribution in [0.25, 0.3) is 10.4 Å². The summed E-state index contributed by atoms with van der Waals surface area (Å²) >= 11 is 0. The maximum Gasteiger partial charge on any atom is 0.330 e. The molecule has 0 radical (unpaired) electrons. The molecule has 0 aromatic heterocycles. The number of hydrogen-bond donors (Lipinski definition) is 0. The Balaban J connectivity index is 2.98. The van der Waals surface area contributed by atoms with Crippen LogP contribution in [0.2, 0.25) is 0 Å². The van der Waals surface area contributed by atoms with Gasteiger partial charge in [0, 0.05) is 18.1 Å². The second-order valence-electron chi connectivity index (χ2n) is 4.50. The molecule has 1 aromatic carbocycles. The standard InChI is InChI=1S/C15H19N3O3/c1-11(13(17-18-16)9-10-14(19)20-2)15(21-3)12-7-5-4-6-8-12/h4-11,13,15H,1-3H3/b10-9+/t11-,13+,15+/m0/s1. The van der Waals surface area contributed by atoms with Gasteiger partial charge in [0.2, 0.25) is 0 Å². The van der Waals surface area contributed by atoms with E-state index in [1.165, 1.54) is 19.3 Å². The van der Waals surface area contributed by atoms with E-state index < -0.39 is 12.0 Å². The van der Waals surface area contributed by atoms with Crippen molar-refractivity contribution in [3.8, 4) is 0 Å². The van der Waals surface area contributed by atoms with Crippen molar-refractivity contribution in [2.24, 2.45) is 11.0 Å².